The van der Waals surface area contributed by atoms with Crippen molar-refractivity contribution in [2.45, 2.75) is 34.1 Å². The van der Waals surface area contributed by atoms with Gasteiger partial charge in [-0.2, -0.15) is 0 Å². The molecule has 1 aromatic carbocycles. The molecule has 0 radical (unpaired) electrons. The lowest BCUT2D eigenvalue weighted by atomic mass is 10.1. The van der Waals surface area contributed by atoms with Gasteiger partial charge in [-0.3, -0.25) is 10.1 Å². The summed E-state index contributed by atoms with van der Waals surface area (Å²) in [6, 6.07) is 8.29. The Morgan fingerprint density at radius 3 is 2.62 bits per heavy atom. The summed E-state index contributed by atoms with van der Waals surface area (Å²) in [6.45, 7) is 8.26. The number of hydrogen-bond donors (Lipinski definition) is 0. The molecule has 0 saturated heterocycles. The van der Waals surface area contributed by atoms with Crippen LogP contribution in [0.1, 0.15) is 35.0 Å². The highest BCUT2D eigenvalue weighted by Gasteiger charge is 2.14. The van der Waals surface area contributed by atoms with Crippen LogP contribution in [0.5, 0.6) is 0 Å². The maximum absolute atomic E-state index is 10.5. The van der Waals surface area contributed by atoms with Crippen molar-refractivity contribution in [1.82, 2.24) is 4.57 Å². The van der Waals surface area contributed by atoms with Crippen LogP contribution in [-0.2, 0) is 6.42 Å². The van der Waals surface area contributed by atoms with Gasteiger partial charge in [-0.1, -0.05) is 25.1 Å². The average molecular weight is 284 g/mol. The van der Waals surface area contributed by atoms with Crippen molar-refractivity contribution in [2.75, 3.05) is 0 Å². The third-order valence-corrected chi connectivity index (χ3v) is 3.77. The Balaban J connectivity index is 2.64. The average Bonchev–Trinajstić information content (AvgIpc) is 2.71. The summed E-state index contributed by atoms with van der Waals surface area (Å²) in [6.07, 6.45) is 3.50. The van der Waals surface area contributed by atoms with Gasteiger partial charge in [-0.25, -0.2) is 0 Å². The first kappa shape index (κ1) is 15.0. The molecule has 0 saturated carbocycles. The lowest BCUT2D eigenvalue weighted by molar-refractivity contribution is -0.400. The number of nitro groups is 1. The van der Waals surface area contributed by atoms with E-state index in [1.807, 2.05) is 19.9 Å². The molecule has 21 heavy (non-hydrogen) atoms. The van der Waals surface area contributed by atoms with Crippen LogP contribution in [-0.4, -0.2) is 9.49 Å². The van der Waals surface area contributed by atoms with E-state index in [9.17, 15) is 10.1 Å². The molecule has 4 heteroatoms. The number of nitrogens with zero attached hydrogens (tertiary/aromatic N) is 2. The predicted molar refractivity (Wildman–Crippen MR) is 85.4 cm³/mol. The first-order chi connectivity index (χ1) is 9.95. The van der Waals surface area contributed by atoms with Crippen LogP contribution in [0.25, 0.3) is 11.8 Å². The van der Waals surface area contributed by atoms with Gasteiger partial charge in [-0.05, 0) is 44.4 Å². The molecule has 1 heterocycles. The maximum Gasteiger partial charge on any atom is 0.235 e. The number of aryl methyl sites for hydroxylation is 3. The molecule has 0 unspecified atom stereocenters. The molecule has 0 spiro atoms. The molecule has 0 aliphatic rings. The highest BCUT2D eigenvalue weighted by molar-refractivity contribution is 5.58. The Morgan fingerprint density at radius 2 is 2.00 bits per heavy atom. The minimum absolute atomic E-state index is 0.433. The quantitative estimate of drug-likeness (QED) is 0.623. The van der Waals surface area contributed by atoms with Crippen molar-refractivity contribution in [2.24, 2.45) is 0 Å². The summed E-state index contributed by atoms with van der Waals surface area (Å²) in [7, 11) is 0. The van der Waals surface area contributed by atoms with Gasteiger partial charge >= 0.3 is 0 Å². The van der Waals surface area contributed by atoms with Crippen molar-refractivity contribution >= 4 is 6.08 Å². The fraction of sp³-hybridized carbons (Fsp3) is 0.294. The standard InChI is InChI=1S/C17H20N2O2/c1-5-15-8-6-7-12(2)17(15)19-13(3)11-16(14(19)4)9-10-18(20)21/h6-11H,5H2,1-4H3. The van der Waals surface area contributed by atoms with E-state index in [4.69, 9.17) is 0 Å². The Bertz CT molecular complexity index is 712. The van der Waals surface area contributed by atoms with Crippen molar-refractivity contribution in [3.05, 3.63) is 68.7 Å². The van der Waals surface area contributed by atoms with Crippen molar-refractivity contribution in [3.63, 3.8) is 0 Å². The van der Waals surface area contributed by atoms with Crippen LogP contribution >= 0.6 is 0 Å². The molecular formula is C17H20N2O2. The largest absolute Gasteiger partial charge is 0.317 e. The molecule has 0 aliphatic heterocycles. The Kier molecular flexibility index (Phi) is 4.26. The molecule has 110 valence electrons. The molecule has 0 fully saturated rings. The van der Waals surface area contributed by atoms with Gasteiger partial charge in [0.15, 0.2) is 0 Å². The first-order valence-electron chi connectivity index (χ1n) is 7.05. The van der Waals surface area contributed by atoms with E-state index in [1.165, 1.54) is 16.8 Å². The third kappa shape index (κ3) is 2.89. The van der Waals surface area contributed by atoms with Gasteiger partial charge < -0.3 is 4.57 Å². The summed E-state index contributed by atoms with van der Waals surface area (Å²) in [4.78, 5) is 10.1. The predicted octanol–water partition coefficient (Wildman–Crippen LogP) is 4.21. The van der Waals surface area contributed by atoms with Gasteiger partial charge in [0.25, 0.3) is 0 Å². The van der Waals surface area contributed by atoms with Crippen LogP contribution in [0.3, 0.4) is 0 Å². The second-order valence-corrected chi connectivity index (χ2v) is 5.20. The molecule has 2 rings (SSSR count). The maximum atomic E-state index is 10.5. The van der Waals surface area contributed by atoms with Gasteiger partial charge in [0.2, 0.25) is 6.20 Å². The molecule has 0 amide bonds. The second kappa shape index (κ2) is 5.95. The highest BCUT2D eigenvalue weighted by atomic mass is 16.6. The zero-order valence-corrected chi connectivity index (χ0v) is 12.9. The lowest BCUT2D eigenvalue weighted by Crippen LogP contribution is -2.05. The smallest absolute Gasteiger partial charge is 0.235 e. The lowest BCUT2D eigenvalue weighted by Gasteiger charge is -2.17. The fourth-order valence-corrected chi connectivity index (χ4v) is 2.77. The number of aromatic nitrogens is 1. The molecule has 0 bridgehead atoms. The molecule has 1 aromatic heterocycles. The van der Waals surface area contributed by atoms with Crippen LogP contribution in [0.15, 0.2) is 30.5 Å². The Morgan fingerprint density at radius 1 is 1.29 bits per heavy atom. The monoisotopic (exact) mass is 284 g/mol. The number of benzene rings is 1. The normalized spacial score (nSPS) is 11.2. The highest BCUT2D eigenvalue weighted by Crippen LogP contribution is 2.27. The minimum atomic E-state index is -0.433. The number of rotatable bonds is 4. The molecule has 0 atom stereocenters. The van der Waals surface area contributed by atoms with E-state index in [0.29, 0.717) is 0 Å². The minimum Gasteiger partial charge on any atom is -0.317 e. The van der Waals surface area contributed by atoms with Crippen LogP contribution in [0.2, 0.25) is 0 Å². The van der Waals surface area contributed by atoms with Gasteiger partial charge in [-0.15, -0.1) is 0 Å². The van der Waals surface area contributed by atoms with Crippen LogP contribution in [0.4, 0.5) is 0 Å². The topological polar surface area (TPSA) is 48.1 Å². The van der Waals surface area contributed by atoms with Crippen molar-refractivity contribution in [3.8, 4) is 5.69 Å². The van der Waals surface area contributed by atoms with E-state index < -0.39 is 4.92 Å². The van der Waals surface area contributed by atoms with Gasteiger partial charge in [0, 0.05) is 23.0 Å². The molecule has 0 N–H and O–H groups in total. The van der Waals surface area contributed by atoms with E-state index in [2.05, 4.69) is 36.6 Å². The summed E-state index contributed by atoms with van der Waals surface area (Å²) >= 11 is 0. The zero-order chi connectivity index (χ0) is 15.6. The molecule has 4 nitrogen and oxygen atoms in total. The Labute approximate surface area is 124 Å². The summed E-state index contributed by atoms with van der Waals surface area (Å²) in [5.41, 5.74) is 6.67. The van der Waals surface area contributed by atoms with Gasteiger partial charge in [0.1, 0.15) is 0 Å². The Hall–Kier alpha value is -2.36. The van der Waals surface area contributed by atoms with Crippen LogP contribution in [0, 0.1) is 30.9 Å². The summed E-state index contributed by atoms with van der Waals surface area (Å²) in [5, 5.41) is 10.5. The van der Waals surface area contributed by atoms with Crippen molar-refractivity contribution < 1.29 is 4.92 Å². The van der Waals surface area contributed by atoms with E-state index in [-0.39, 0.29) is 0 Å². The number of hydrogen-bond acceptors (Lipinski definition) is 2. The first-order valence-corrected chi connectivity index (χ1v) is 7.05. The van der Waals surface area contributed by atoms with Crippen molar-refractivity contribution in [1.29, 1.82) is 0 Å². The van der Waals surface area contributed by atoms with Gasteiger partial charge in [0.05, 0.1) is 10.6 Å². The molecule has 0 aliphatic carbocycles. The fourth-order valence-electron chi connectivity index (χ4n) is 2.77. The molecular weight excluding hydrogens is 264 g/mol. The third-order valence-electron chi connectivity index (χ3n) is 3.77. The van der Waals surface area contributed by atoms with Crippen LogP contribution < -0.4 is 0 Å². The van der Waals surface area contributed by atoms with E-state index in [0.717, 1.165) is 29.6 Å². The zero-order valence-electron chi connectivity index (χ0n) is 12.9. The SMILES string of the molecule is CCc1cccc(C)c1-n1c(C)cc(C=C[N+](=O)[O-])c1C. The summed E-state index contributed by atoms with van der Waals surface area (Å²) in [5.74, 6) is 0. The second-order valence-electron chi connectivity index (χ2n) is 5.20. The van der Waals surface area contributed by atoms with E-state index in [1.54, 1.807) is 6.08 Å². The summed E-state index contributed by atoms with van der Waals surface area (Å²) < 4.78 is 2.19. The molecule has 2 aromatic rings. The number of para-hydroxylation sites is 1. The van der Waals surface area contributed by atoms with E-state index >= 15 is 0 Å².